The highest BCUT2D eigenvalue weighted by Crippen LogP contribution is 2.22. The fraction of sp³-hybridized carbons (Fsp3) is 0.870. The number of nitrogens with one attached hydrogen (secondary N) is 1. The number of nitrogens with zero attached hydrogens (tertiary/aromatic N) is 1. The highest BCUT2D eigenvalue weighted by molar-refractivity contribution is 5.23. The molecule has 0 saturated heterocycles. The van der Waals surface area contributed by atoms with Crippen molar-refractivity contribution in [1.82, 2.24) is 10.2 Å². The van der Waals surface area contributed by atoms with Gasteiger partial charge in [-0.3, -0.25) is 5.10 Å². The van der Waals surface area contributed by atoms with Crippen LogP contribution in [0.25, 0.3) is 0 Å². The van der Waals surface area contributed by atoms with Crippen LogP contribution in [0.4, 0.5) is 0 Å². The molecule has 0 aliphatic heterocycles. The quantitative estimate of drug-likeness (QED) is 0.305. The number of hydrogen-bond donors (Lipinski definition) is 1. The monoisotopic (exact) mass is 348 g/mol. The van der Waals surface area contributed by atoms with Crippen molar-refractivity contribution in [3.63, 3.8) is 0 Å². The number of hydrogen-bond acceptors (Lipinski definition) is 1. The molecule has 0 radical (unpaired) electrons. The summed E-state index contributed by atoms with van der Waals surface area (Å²) < 4.78 is 0. The second-order valence-electron chi connectivity index (χ2n) is 8.07. The summed E-state index contributed by atoms with van der Waals surface area (Å²) >= 11 is 0. The molecule has 1 unspecified atom stereocenters. The number of H-pyrrole nitrogens is 1. The van der Waals surface area contributed by atoms with Crippen molar-refractivity contribution < 1.29 is 0 Å². The Labute approximate surface area is 157 Å². The van der Waals surface area contributed by atoms with Gasteiger partial charge in [-0.05, 0) is 31.7 Å². The van der Waals surface area contributed by atoms with E-state index in [4.69, 9.17) is 0 Å². The molecule has 0 amide bonds. The van der Waals surface area contributed by atoms with Crippen LogP contribution < -0.4 is 0 Å². The second-order valence-corrected chi connectivity index (χ2v) is 8.07. The van der Waals surface area contributed by atoms with Gasteiger partial charge in [0.15, 0.2) is 0 Å². The van der Waals surface area contributed by atoms with Crippen LogP contribution in [0.2, 0.25) is 0 Å². The highest BCUT2D eigenvalue weighted by Gasteiger charge is 2.13. The molecular weight excluding hydrogens is 304 g/mol. The van der Waals surface area contributed by atoms with E-state index in [2.05, 4.69) is 37.9 Å². The van der Waals surface area contributed by atoms with Gasteiger partial charge in [-0.2, -0.15) is 5.10 Å². The molecule has 1 aromatic heterocycles. The summed E-state index contributed by atoms with van der Waals surface area (Å²) in [5.41, 5.74) is 3.93. The van der Waals surface area contributed by atoms with Gasteiger partial charge in [0.1, 0.15) is 0 Å². The van der Waals surface area contributed by atoms with Crippen LogP contribution in [0.1, 0.15) is 121 Å². The van der Waals surface area contributed by atoms with E-state index in [1.165, 1.54) is 113 Å². The van der Waals surface area contributed by atoms with Crippen molar-refractivity contribution in [2.45, 2.75) is 124 Å². The Hall–Kier alpha value is -0.790. The van der Waals surface area contributed by atoms with Gasteiger partial charge in [0.05, 0.1) is 5.69 Å². The molecule has 0 saturated carbocycles. The number of aromatic nitrogens is 2. The summed E-state index contributed by atoms with van der Waals surface area (Å²) in [6, 6.07) is 0. The van der Waals surface area contributed by atoms with Gasteiger partial charge in [-0.1, -0.05) is 104 Å². The molecule has 1 atom stereocenters. The third-order valence-electron chi connectivity index (χ3n) is 5.82. The van der Waals surface area contributed by atoms with Gasteiger partial charge in [-0.15, -0.1) is 0 Å². The molecule has 1 aromatic rings. The Morgan fingerprint density at radius 1 is 0.760 bits per heavy atom. The number of unbranched alkanes of at least 4 members (excludes halogenated alkanes) is 11. The fourth-order valence-corrected chi connectivity index (χ4v) is 3.89. The topological polar surface area (TPSA) is 28.7 Å². The van der Waals surface area contributed by atoms with Crippen LogP contribution in [0.5, 0.6) is 0 Å². The fourth-order valence-electron chi connectivity index (χ4n) is 3.89. The molecular formula is C23H44N2. The molecule has 1 N–H and O–H groups in total. The Kier molecular flexibility index (Phi) is 12.8. The zero-order chi connectivity index (χ0) is 18.3. The molecule has 1 heterocycles. The highest BCUT2D eigenvalue weighted by atomic mass is 15.1. The smallest absolute Gasteiger partial charge is 0.0626 e. The van der Waals surface area contributed by atoms with Crippen LogP contribution in [-0.2, 0) is 6.42 Å². The van der Waals surface area contributed by atoms with E-state index in [0.717, 1.165) is 5.92 Å². The minimum Gasteiger partial charge on any atom is -0.282 e. The van der Waals surface area contributed by atoms with Crippen LogP contribution in [0.3, 0.4) is 0 Å². The summed E-state index contributed by atoms with van der Waals surface area (Å²) in [6.07, 6.45) is 21.2. The zero-order valence-electron chi connectivity index (χ0n) is 17.6. The molecule has 1 rings (SSSR count). The zero-order valence-corrected chi connectivity index (χ0v) is 17.6. The van der Waals surface area contributed by atoms with Crippen molar-refractivity contribution in [2.75, 3.05) is 0 Å². The minimum atomic E-state index is 0.832. The number of aryl methyl sites for hydroxylation is 2. The summed E-state index contributed by atoms with van der Waals surface area (Å²) in [5.74, 6) is 0.832. The summed E-state index contributed by atoms with van der Waals surface area (Å²) in [5, 5.41) is 7.48. The maximum atomic E-state index is 4.34. The van der Waals surface area contributed by atoms with Crippen molar-refractivity contribution in [3.05, 3.63) is 17.0 Å². The van der Waals surface area contributed by atoms with Crippen LogP contribution in [-0.4, -0.2) is 10.2 Å². The maximum absolute atomic E-state index is 4.34. The third-order valence-corrected chi connectivity index (χ3v) is 5.82. The molecule has 0 fully saturated rings. The average molecular weight is 349 g/mol. The Balaban J connectivity index is 1.97. The molecule has 0 aliphatic carbocycles. The molecule has 0 aliphatic rings. The predicted molar refractivity (Wildman–Crippen MR) is 111 cm³/mol. The van der Waals surface area contributed by atoms with Crippen molar-refractivity contribution in [1.29, 1.82) is 0 Å². The Morgan fingerprint density at radius 2 is 1.28 bits per heavy atom. The van der Waals surface area contributed by atoms with Gasteiger partial charge in [0, 0.05) is 5.69 Å². The number of rotatable bonds is 16. The van der Waals surface area contributed by atoms with E-state index in [1.807, 2.05) is 0 Å². The van der Waals surface area contributed by atoms with Crippen LogP contribution in [0.15, 0.2) is 0 Å². The first-order valence-electron chi connectivity index (χ1n) is 11.2. The normalized spacial score (nSPS) is 12.6. The van der Waals surface area contributed by atoms with E-state index in [9.17, 15) is 0 Å². The molecule has 0 aromatic carbocycles. The minimum absolute atomic E-state index is 0.832. The van der Waals surface area contributed by atoms with E-state index in [-0.39, 0.29) is 0 Å². The lowest BCUT2D eigenvalue weighted by Gasteiger charge is -2.15. The summed E-state index contributed by atoms with van der Waals surface area (Å²) in [6.45, 7) is 8.93. The standard InChI is InChI=1S/C23H44N2/c1-5-7-8-9-10-11-12-13-14-15-16-17-18-22(6-2)19-23-20(3)24-25-21(23)4/h22H,5-19H2,1-4H3,(H,24,25). The van der Waals surface area contributed by atoms with Crippen LogP contribution in [0, 0.1) is 19.8 Å². The Bertz CT molecular complexity index is 402. The molecule has 2 nitrogen and oxygen atoms in total. The lowest BCUT2D eigenvalue weighted by atomic mass is 9.90. The molecule has 0 spiro atoms. The Morgan fingerprint density at radius 3 is 1.72 bits per heavy atom. The number of aromatic amines is 1. The van der Waals surface area contributed by atoms with Gasteiger partial charge in [-0.25, -0.2) is 0 Å². The largest absolute Gasteiger partial charge is 0.282 e. The average Bonchev–Trinajstić information content (AvgIpc) is 2.93. The van der Waals surface area contributed by atoms with E-state index in [0.29, 0.717) is 0 Å². The second kappa shape index (κ2) is 14.4. The molecule has 146 valence electrons. The summed E-state index contributed by atoms with van der Waals surface area (Å²) in [4.78, 5) is 0. The lowest BCUT2D eigenvalue weighted by Crippen LogP contribution is -2.05. The van der Waals surface area contributed by atoms with E-state index < -0.39 is 0 Å². The van der Waals surface area contributed by atoms with Gasteiger partial charge >= 0.3 is 0 Å². The lowest BCUT2D eigenvalue weighted by molar-refractivity contribution is 0.433. The first kappa shape index (κ1) is 22.3. The first-order valence-corrected chi connectivity index (χ1v) is 11.2. The van der Waals surface area contributed by atoms with Crippen molar-refractivity contribution in [3.8, 4) is 0 Å². The predicted octanol–water partition coefficient (Wildman–Crippen LogP) is 7.69. The molecule has 25 heavy (non-hydrogen) atoms. The van der Waals surface area contributed by atoms with Gasteiger partial charge in [0.25, 0.3) is 0 Å². The van der Waals surface area contributed by atoms with E-state index >= 15 is 0 Å². The first-order chi connectivity index (χ1) is 12.2. The van der Waals surface area contributed by atoms with Crippen LogP contribution >= 0.6 is 0 Å². The third kappa shape index (κ3) is 10.1. The SMILES string of the molecule is CCCCCCCCCCCCCCC(CC)Cc1c(C)n[nH]c1C. The maximum Gasteiger partial charge on any atom is 0.0626 e. The van der Waals surface area contributed by atoms with E-state index in [1.54, 1.807) is 0 Å². The van der Waals surface area contributed by atoms with Crippen molar-refractivity contribution >= 4 is 0 Å². The van der Waals surface area contributed by atoms with Gasteiger partial charge in [0.2, 0.25) is 0 Å². The van der Waals surface area contributed by atoms with Crippen molar-refractivity contribution in [2.24, 2.45) is 5.92 Å². The summed E-state index contributed by atoms with van der Waals surface area (Å²) in [7, 11) is 0. The molecule has 0 bridgehead atoms. The van der Waals surface area contributed by atoms with Gasteiger partial charge < -0.3 is 0 Å². The molecule has 2 heteroatoms.